The number of hydrogen-bond donors (Lipinski definition) is 4. The van der Waals surface area contributed by atoms with E-state index in [1.54, 1.807) is 30.5 Å². The van der Waals surface area contributed by atoms with E-state index in [4.69, 9.17) is 10.5 Å². The molecule has 0 spiro atoms. The van der Waals surface area contributed by atoms with Crippen LogP contribution in [0.4, 0.5) is 5.69 Å². The number of pyridine rings is 1. The zero-order chi connectivity index (χ0) is 29.3. The second-order valence-electron chi connectivity index (χ2n) is 10.5. The van der Waals surface area contributed by atoms with Gasteiger partial charge in [0.2, 0.25) is 23.5 Å². The molecule has 4 aromatic rings. The van der Waals surface area contributed by atoms with Gasteiger partial charge in [0.05, 0.1) is 6.61 Å². The monoisotopic (exact) mass is 568 g/mol. The number of benzene rings is 2. The normalized spacial score (nSPS) is 17.3. The molecule has 1 fully saturated rings. The number of hydrogen-bond acceptors (Lipinski definition) is 8. The van der Waals surface area contributed by atoms with Gasteiger partial charge in [0, 0.05) is 35.3 Å². The van der Waals surface area contributed by atoms with E-state index in [9.17, 15) is 9.59 Å². The van der Waals surface area contributed by atoms with Crippen molar-refractivity contribution in [3.63, 3.8) is 0 Å². The minimum absolute atomic E-state index is 0.0913. The summed E-state index contributed by atoms with van der Waals surface area (Å²) in [7, 11) is 0. The smallest absolute Gasteiger partial charge is 0.247 e. The molecule has 1 aliphatic carbocycles. The fraction of sp³-hybridized carbons (Fsp3) is 0.355. The standard InChI is InChI=1S/C31H36N8O3/c1-2-42-31-26(4-3-17-33-31)22-9-5-20(6-10-22)18-27(35-29(40)24-11-7-21(19-32)8-12-24)30(41)34-25-15-13-23(14-16-25)28-36-38-39-37-28/h3-6,9-10,13-17,21,24,27H,2,7-8,11-12,18-19,32H2,1H3,(H,34,41)(H,35,40)(H,36,37,38,39)/t21?,24?,27-/m0/s1. The average Bonchev–Trinajstić information content (AvgIpc) is 3.57. The number of tetrazole rings is 1. The third-order valence-electron chi connectivity index (χ3n) is 7.70. The number of carbonyl (C=O) groups excluding carboxylic acids is 2. The lowest BCUT2D eigenvalue weighted by Crippen LogP contribution is -2.48. The number of nitrogens with zero attached hydrogens (tertiary/aromatic N) is 4. The van der Waals surface area contributed by atoms with Gasteiger partial charge in [-0.25, -0.2) is 4.98 Å². The maximum atomic E-state index is 13.5. The summed E-state index contributed by atoms with van der Waals surface area (Å²) < 4.78 is 5.69. The molecule has 2 aromatic carbocycles. The highest BCUT2D eigenvalue weighted by atomic mass is 16.5. The average molecular weight is 569 g/mol. The van der Waals surface area contributed by atoms with Crippen molar-refractivity contribution < 1.29 is 14.3 Å². The highest BCUT2D eigenvalue weighted by Gasteiger charge is 2.29. The largest absolute Gasteiger partial charge is 0.478 e. The number of nitrogens with one attached hydrogen (secondary N) is 3. The molecule has 1 atom stereocenters. The minimum Gasteiger partial charge on any atom is -0.478 e. The molecule has 5 rings (SSSR count). The Kier molecular flexibility index (Phi) is 9.50. The molecule has 42 heavy (non-hydrogen) atoms. The van der Waals surface area contributed by atoms with Crippen molar-refractivity contribution in [3.05, 3.63) is 72.4 Å². The van der Waals surface area contributed by atoms with Crippen molar-refractivity contribution >= 4 is 17.5 Å². The van der Waals surface area contributed by atoms with E-state index in [1.807, 2.05) is 43.3 Å². The van der Waals surface area contributed by atoms with Crippen LogP contribution in [0.5, 0.6) is 5.88 Å². The maximum absolute atomic E-state index is 13.5. The van der Waals surface area contributed by atoms with Crippen LogP contribution in [0.1, 0.15) is 38.2 Å². The second-order valence-corrected chi connectivity index (χ2v) is 10.5. The molecule has 11 nitrogen and oxygen atoms in total. The van der Waals surface area contributed by atoms with Crippen LogP contribution in [0.25, 0.3) is 22.5 Å². The van der Waals surface area contributed by atoms with Gasteiger partial charge in [0.25, 0.3) is 0 Å². The molecule has 0 unspecified atom stereocenters. The number of anilines is 1. The van der Waals surface area contributed by atoms with Crippen molar-refractivity contribution in [2.24, 2.45) is 17.6 Å². The van der Waals surface area contributed by atoms with E-state index < -0.39 is 6.04 Å². The van der Waals surface area contributed by atoms with Crippen molar-refractivity contribution in [2.75, 3.05) is 18.5 Å². The molecule has 0 radical (unpaired) electrons. The van der Waals surface area contributed by atoms with Gasteiger partial charge >= 0.3 is 0 Å². The molecule has 218 valence electrons. The van der Waals surface area contributed by atoms with Crippen molar-refractivity contribution in [1.29, 1.82) is 0 Å². The van der Waals surface area contributed by atoms with Crippen LogP contribution in [-0.4, -0.2) is 56.6 Å². The molecule has 5 N–H and O–H groups in total. The number of aromatic nitrogens is 5. The Balaban J connectivity index is 1.31. The van der Waals surface area contributed by atoms with E-state index in [0.29, 0.717) is 42.9 Å². The number of rotatable bonds is 11. The van der Waals surface area contributed by atoms with E-state index in [2.05, 4.69) is 36.2 Å². The molecular weight excluding hydrogens is 532 g/mol. The molecule has 0 aliphatic heterocycles. The molecule has 1 aliphatic rings. The van der Waals surface area contributed by atoms with Gasteiger partial charge in [-0.1, -0.05) is 24.3 Å². The quantitative estimate of drug-likeness (QED) is 0.213. The second kappa shape index (κ2) is 13.8. The molecule has 1 saturated carbocycles. The lowest BCUT2D eigenvalue weighted by atomic mass is 9.81. The predicted octanol–water partition coefficient (Wildman–Crippen LogP) is 3.76. The Hall–Kier alpha value is -4.64. The highest BCUT2D eigenvalue weighted by Crippen LogP contribution is 2.30. The van der Waals surface area contributed by atoms with Gasteiger partial charge in [-0.3, -0.25) is 9.59 Å². The number of nitrogens with two attached hydrogens (primary N) is 1. The fourth-order valence-corrected chi connectivity index (χ4v) is 5.29. The summed E-state index contributed by atoms with van der Waals surface area (Å²) in [5.41, 5.74) is 9.97. The summed E-state index contributed by atoms with van der Waals surface area (Å²) in [5, 5.41) is 20.0. The van der Waals surface area contributed by atoms with Crippen molar-refractivity contribution in [3.8, 4) is 28.4 Å². The third kappa shape index (κ3) is 7.16. The first-order chi connectivity index (χ1) is 20.5. The number of ether oxygens (including phenoxy) is 1. The Morgan fingerprint density at radius 1 is 1.02 bits per heavy atom. The Bertz CT molecular complexity index is 1450. The van der Waals surface area contributed by atoms with Crippen LogP contribution in [0.2, 0.25) is 0 Å². The van der Waals surface area contributed by atoms with Gasteiger partial charge in [-0.15, -0.1) is 10.2 Å². The number of H-pyrrole nitrogens is 1. The summed E-state index contributed by atoms with van der Waals surface area (Å²) in [6.45, 7) is 3.09. The van der Waals surface area contributed by atoms with Crippen LogP contribution in [-0.2, 0) is 16.0 Å². The topological polar surface area (TPSA) is 161 Å². The summed E-state index contributed by atoms with van der Waals surface area (Å²) in [5.74, 6) is 0.998. The first-order valence-electron chi connectivity index (χ1n) is 14.4. The molecule has 2 amide bonds. The zero-order valence-electron chi connectivity index (χ0n) is 23.6. The fourth-order valence-electron chi connectivity index (χ4n) is 5.29. The molecule has 0 bridgehead atoms. The number of amides is 2. The van der Waals surface area contributed by atoms with Gasteiger partial charge in [0.1, 0.15) is 6.04 Å². The van der Waals surface area contributed by atoms with E-state index >= 15 is 0 Å². The Labute approximate surface area is 244 Å². The highest BCUT2D eigenvalue weighted by molar-refractivity contribution is 5.97. The molecule has 2 heterocycles. The summed E-state index contributed by atoms with van der Waals surface area (Å²) in [6, 6.07) is 18.1. The van der Waals surface area contributed by atoms with E-state index in [0.717, 1.165) is 47.9 Å². The van der Waals surface area contributed by atoms with Crippen LogP contribution >= 0.6 is 0 Å². The van der Waals surface area contributed by atoms with E-state index in [1.165, 1.54) is 0 Å². The van der Waals surface area contributed by atoms with Crippen LogP contribution in [0.15, 0.2) is 66.9 Å². The van der Waals surface area contributed by atoms with Crippen LogP contribution in [0.3, 0.4) is 0 Å². The van der Waals surface area contributed by atoms with Gasteiger partial charge in [0.15, 0.2) is 0 Å². The van der Waals surface area contributed by atoms with Crippen LogP contribution in [0, 0.1) is 11.8 Å². The van der Waals surface area contributed by atoms with Crippen molar-refractivity contribution in [2.45, 2.75) is 45.1 Å². The summed E-state index contributed by atoms with van der Waals surface area (Å²) in [4.78, 5) is 31.2. The lowest BCUT2D eigenvalue weighted by Gasteiger charge is -2.28. The molecule has 2 aromatic heterocycles. The minimum atomic E-state index is -0.759. The van der Waals surface area contributed by atoms with Crippen molar-refractivity contribution in [1.82, 2.24) is 30.9 Å². The zero-order valence-corrected chi connectivity index (χ0v) is 23.6. The molecule has 11 heteroatoms. The van der Waals surface area contributed by atoms with Crippen LogP contribution < -0.4 is 21.1 Å². The maximum Gasteiger partial charge on any atom is 0.247 e. The summed E-state index contributed by atoms with van der Waals surface area (Å²) in [6.07, 6.45) is 5.46. The SMILES string of the molecule is CCOc1ncccc1-c1ccc(C[C@H](NC(=O)C2CCC(CN)CC2)C(=O)Nc2ccc(-c3nn[nH]n3)cc2)cc1. The lowest BCUT2D eigenvalue weighted by molar-refractivity contribution is -0.130. The number of carbonyl (C=O) groups is 2. The van der Waals surface area contributed by atoms with Gasteiger partial charge < -0.3 is 21.1 Å². The van der Waals surface area contributed by atoms with Gasteiger partial charge in [-0.05, 0) is 97.8 Å². The predicted molar refractivity (Wildman–Crippen MR) is 159 cm³/mol. The summed E-state index contributed by atoms with van der Waals surface area (Å²) >= 11 is 0. The van der Waals surface area contributed by atoms with Gasteiger partial charge in [-0.2, -0.15) is 5.21 Å². The first kappa shape index (κ1) is 28.9. The van der Waals surface area contributed by atoms with E-state index in [-0.39, 0.29) is 17.7 Å². The number of aromatic amines is 1. The first-order valence-corrected chi connectivity index (χ1v) is 14.4. The Morgan fingerprint density at radius 2 is 1.76 bits per heavy atom. The third-order valence-corrected chi connectivity index (χ3v) is 7.70. The Morgan fingerprint density at radius 3 is 2.43 bits per heavy atom. The molecule has 0 saturated heterocycles. The molecular formula is C31H36N8O3.